The summed E-state index contributed by atoms with van der Waals surface area (Å²) in [4.78, 5) is 11.9. The van der Waals surface area contributed by atoms with E-state index in [1.807, 2.05) is 24.3 Å². The molecule has 1 atom stereocenters. The summed E-state index contributed by atoms with van der Waals surface area (Å²) in [5.41, 5.74) is 0.866. The van der Waals surface area contributed by atoms with Crippen molar-refractivity contribution in [2.45, 2.75) is 19.8 Å². The lowest BCUT2D eigenvalue weighted by Gasteiger charge is -2.08. The molecule has 0 aromatic heterocycles. The van der Waals surface area contributed by atoms with Crippen molar-refractivity contribution in [1.82, 2.24) is 0 Å². The van der Waals surface area contributed by atoms with Crippen LogP contribution in [0.4, 0.5) is 0 Å². The van der Waals surface area contributed by atoms with Crippen LogP contribution < -0.4 is 0 Å². The molecule has 0 N–H and O–H groups in total. The third-order valence-corrected chi connectivity index (χ3v) is 3.59. The maximum absolute atomic E-state index is 11.9. The molecule has 1 unspecified atom stereocenters. The third kappa shape index (κ3) is 2.16. The zero-order chi connectivity index (χ0) is 10.1. The van der Waals surface area contributed by atoms with E-state index in [1.54, 1.807) is 0 Å². The first-order valence-electron chi connectivity index (χ1n) is 4.98. The Bertz CT molecular complexity index is 338. The highest BCUT2D eigenvalue weighted by Gasteiger charge is 2.32. The van der Waals surface area contributed by atoms with Crippen molar-refractivity contribution in [3.05, 3.63) is 33.4 Å². The normalized spacial score (nSPS) is 17.9. The lowest BCUT2D eigenvalue weighted by atomic mass is 9.95. The summed E-state index contributed by atoms with van der Waals surface area (Å²) in [5, 5.41) is 0. The van der Waals surface area contributed by atoms with E-state index in [1.165, 1.54) is 16.4 Å². The van der Waals surface area contributed by atoms with Crippen molar-refractivity contribution < 1.29 is 4.79 Å². The summed E-state index contributed by atoms with van der Waals surface area (Å²) >= 11 is 2.25. The molecule has 1 aliphatic carbocycles. The number of benzene rings is 1. The molecule has 1 aromatic rings. The predicted octanol–water partition coefficient (Wildman–Crippen LogP) is 3.52. The zero-order valence-electron chi connectivity index (χ0n) is 8.16. The molecule has 0 heterocycles. The Hall–Kier alpha value is -0.380. The minimum absolute atomic E-state index is 0.218. The smallest absolute Gasteiger partial charge is 0.165 e. The molecule has 2 heteroatoms. The van der Waals surface area contributed by atoms with Gasteiger partial charge in [-0.1, -0.05) is 19.1 Å². The maximum atomic E-state index is 11.9. The Morgan fingerprint density at radius 2 is 1.93 bits per heavy atom. The van der Waals surface area contributed by atoms with Crippen LogP contribution in [0.3, 0.4) is 0 Å². The van der Waals surface area contributed by atoms with E-state index < -0.39 is 0 Å². The number of carbonyl (C=O) groups excluding carboxylic acids is 1. The Morgan fingerprint density at radius 1 is 1.36 bits per heavy atom. The summed E-state index contributed by atoms with van der Waals surface area (Å²) in [7, 11) is 0. The molecule has 14 heavy (non-hydrogen) atoms. The number of hydrogen-bond donors (Lipinski definition) is 0. The molecule has 0 saturated heterocycles. The number of carbonyl (C=O) groups is 1. The maximum Gasteiger partial charge on any atom is 0.165 e. The fourth-order valence-electron chi connectivity index (χ4n) is 1.69. The number of hydrogen-bond acceptors (Lipinski definition) is 1. The minimum Gasteiger partial charge on any atom is -0.294 e. The number of Topliss-reactive ketones (excluding diaryl/α,β-unsaturated/α-hetero) is 1. The summed E-state index contributed by atoms with van der Waals surface area (Å²) in [6.45, 7) is 2.05. The first-order chi connectivity index (χ1) is 6.68. The van der Waals surface area contributed by atoms with Gasteiger partial charge in [0.1, 0.15) is 0 Å². The van der Waals surface area contributed by atoms with Gasteiger partial charge >= 0.3 is 0 Å². The Morgan fingerprint density at radius 3 is 2.43 bits per heavy atom. The van der Waals surface area contributed by atoms with Crippen molar-refractivity contribution in [2.24, 2.45) is 11.8 Å². The van der Waals surface area contributed by atoms with Crippen molar-refractivity contribution >= 4 is 28.4 Å². The van der Waals surface area contributed by atoms with Gasteiger partial charge in [0.2, 0.25) is 0 Å². The van der Waals surface area contributed by atoms with Crippen LogP contribution in [0.5, 0.6) is 0 Å². The van der Waals surface area contributed by atoms with E-state index in [2.05, 4.69) is 29.5 Å². The van der Waals surface area contributed by atoms with Crippen LogP contribution in [-0.4, -0.2) is 5.78 Å². The lowest BCUT2D eigenvalue weighted by molar-refractivity contribution is 0.0916. The molecule has 2 rings (SSSR count). The van der Waals surface area contributed by atoms with Gasteiger partial charge in [0.25, 0.3) is 0 Å². The van der Waals surface area contributed by atoms with Crippen LogP contribution in [0, 0.1) is 15.4 Å². The van der Waals surface area contributed by atoms with Crippen LogP contribution in [0.15, 0.2) is 24.3 Å². The second-order valence-corrected chi connectivity index (χ2v) is 5.24. The van der Waals surface area contributed by atoms with Gasteiger partial charge in [0.15, 0.2) is 5.78 Å². The van der Waals surface area contributed by atoms with E-state index in [9.17, 15) is 4.79 Å². The van der Waals surface area contributed by atoms with Crippen molar-refractivity contribution in [3.8, 4) is 0 Å². The fraction of sp³-hybridized carbons (Fsp3) is 0.417. The van der Waals surface area contributed by atoms with E-state index in [0.717, 1.165) is 5.56 Å². The molecule has 74 valence electrons. The molecule has 0 spiro atoms. The molecule has 0 bridgehead atoms. The first kappa shape index (κ1) is 10.1. The average molecular weight is 300 g/mol. The number of ketones is 1. The molecule has 1 aromatic carbocycles. The molecule has 1 aliphatic rings. The summed E-state index contributed by atoms with van der Waals surface area (Å²) in [5.74, 6) is 1.18. The SMILES string of the molecule is CC(C(=O)c1ccc(I)cc1)C1CC1. The van der Waals surface area contributed by atoms with Crippen LogP contribution in [-0.2, 0) is 0 Å². The average Bonchev–Trinajstić information content (AvgIpc) is 3.00. The molecule has 1 fully saturated rings. The highest BCUT2D eigenvalue weighted by molar-refractivity contribution is 14.1. The number of rotatable bonds is 3. The van der Waals surface area contributed by atoms with Gasteiger partial charge in [0, 0.05) is 15.1 Å². The second-order valence-electron chi connectivity index (χ2n) is 4.00. The summed E-state index contributed by atoms with van der Waals surface area (Å²) < 4.78 is 1.18. The van der Waals surface area contributed by atoms with Gasteiger partial charge in [-0.2, -0.15) is 0 Å². The summed E-state index contributed by atoms with van der Waals surface area (Å²) in [6, 6.07) is 7.85. The van der Waals surface area contributed by atoms with Crippen LogP contribution >= 0.6 is 22.6 Å². The molecular weight excluding hydrogens is 287 g/mol. The molecule has 0 radical (unpaired) electrons. The predicted molar refractivity (Wildman–Crippen MR) is 65.4 cm³/mol. The summed E-state index contributed by atoms with van der Waals surface area (Å²) in [6.07, 6.45) is 2.47. The Balaban J connectivity index is 2.13. The van der Waals surface area contributed by atoms with E-state index >= 15 is 0 Å². The fourth-order valence-corrected chi connectivity index (χ4v) is 2.05. The first-order valence-corrected chi connectivity index (χ1v) is 6.06. The van der Waals surface area contributed by atoms with E-state index in [0.29, 0.717) is 11.7 Å². The highest BCUT2D eigenvalue weighted by Crippen LogP contribution is 2.38. The van der Waals surface area contributed by atoms with E-state index in [-0.39, 0.29) is 5.92 Å². The van der Waals surface area contributed by atoms with Gasteiger partial charge in [-0.15, -0.1) is 0 Å². The van der Waals surface area contributed by atoms with E-state index in [4.69, 9.17) is 0 Å². The van der Waals surface area contributed by atoms with Crippen molar-refractivity contribution in [2.75, 3.05) is 0 Å². The Labute approximate surface area is 98.0 Å². The second kappa shape index (κ2) is 4.01. The minimum atomic E-state index is 0.218. The molecule has 1 nitrogen and oxygen atoms in total. The monoisotopic (exact) mass is 300 g/mol. The van der Waals surface area contributed by atoms with Crippen molar-refractivity contribution in [3.63, 3.8) is 0 Å². The standard InChI is InChI=1S/C12H13IO/c1-8(9-2-3-9)12(14)10-4-6-11(13)7-5-10/h4-9H,2-3H2,1H3. The topological polar surface area (TPSA) is 17.1 Å². The third-order valence-electron chi connectivity index (χ3n) is 2.87. The molecule has 0 amide bonds. The van der Waals surface area contributed by atoms with Gasteiger partial charge in [-0.05, 0) is 53.5 Å². The Kier molecular flexibility index (Phi) is 2.91. The highest BCUT2D eigenvalue weighted by atomic mass is 127. The number of halogens is 1. The molecular formula is C12H13IO. The molecule has 1 saturated carbocycles. The van der Waals surface area contributed by atoms with Gasteiger partial charge in [0.05, 0.1) is 0 Å². The quantitative estimate of drug-likeness (QED) is 0.616. The van der Waals surface area contributed by atoms with Crippen LogP contribution in [0.1, 0.15) is 30.1 Å². The van der Waals surface area contributed by atoms with Crippen LogP contribution in [0.25, 0.3) is 0 Å². The van der Waals surface area contributed by atoms with Gasteiger partial charge in [-0.25, -0.2) is 0 Å². The lowest BCUT2D eigenvalue weighted by Crippen LogP contribution is -2.12. The van der Waals surface area contributed by atoms with Crippen molar-refractivity contribution in [1.29, 1.82) is 0 Å². The van der Waals surface area contributed by atoms with Gasteiger partial charge in [-0.3, -0.25) is 4.79 Å². The van der Waals surface area contributed by atoms with Gasteiger partial charge < -0.3 is 0 Å². The van der Waals surface area contributed by atoms with Crippen LogP contribution in [0.2, 0.25) is 0 Å². The molecule has 0 aliphatic heterocycles. The zero-order valence-corrected chi connectivity index (χ0v) is 10.3. The largest absolute Gasteiger partial charge is 0.294 e.